The van der Waals surface area contributed by atoms with Crippen LogP contribution in [0.25, 0.3) is 0 Å². The van der Waals surface area contributed by atoms with Crippen LogP contribution in [0.3, 0.4) is 0 Å². The van der Waals surface area contributed by atoms with Crippen LogP contribution in [0.5, 0.6) is 5.88 Å². The normalized spacial score (nSPS) is 11.1. The van der Waals surface area contributed by atoms with Crippen LogP contribution in [0.2, 0.25) is 0 Å². The number of nitrogens with zero attached hydrogens (tertiary/aromatic N) is 2. The van der Waals surface area contributed by atoms with Crippen molar-refractivity contribution in [1.29, 1.82) is 0 Å². The van der Waals surface area contributed by atoms with Crippen LogP contribution in [0.15, 0.2) is 40.1 Å². The minimum Gasteiger partial charge on any atom is -0.494 e. The van der Waals surface area contributed by atoms with E-state index in [0.717, 1.165) is 5.56 Å². The number of aromatic hydroxyl groups is 1. The quantitative estimate of drug-likeness (QED) is 0.569. The molecule has 3 N–H and O–H groups in total. The van der Waals surface area contributed by atoms with Crippen molar-refractivity contribution in [3.63, 3.8) is 0 Å². The Kier molecular flexibility index (Phi) is 5.02. The van der Waals surface area contributed by atoms with Crippen molar-refractivity contribution in [1.82, 2.24) is 9.55 Å². The van der Waals surface area contributed by atoms with E-state index in [1.54, 1.807) is 0 Å². The second-order valence-electron chi connectivity index (χ2n) is 4.33. The van der Waals surface area contributed by atoms with Crippen molar-refractivity contribution >= 4 is 18.4 Å². The first-order valence-corrected chi connectivity index (χ1v) is 6.75. The Labute approximate surface area is 126 Å². The summed E-state index contributed by atoms with van der Waals surface area (Å²) in [5, 5.41) is 18.9. The predicted octanol–water partition coefficient (Wildman–Crippen LogP) is 1.07. The molecule has 2 rings (SSSR count). The van der Waals surface area contributed by atoms with Crippen molar-refractivity contribution in [2.24, 2.45) is 4.99 Å². The molecule has 1 aromatic carbocycles. The molecule has 110 valence electrons. The molecule has 7 heteroatoms. The molecule has 0 unspecified atom stereocenters. The number of aliphatic imine (C=N–C) groups is 1. The Balaban J connectivity index is 2.44. The van der Waals surface area contributed by atoms with Gasteiger partial charge in [-0.3, -0.25) is 19.3 Å². The Morgan fingerprint density at radius 1 is 1.33 bits per heavy atom. The van der Waals surface area contributed by atoms with Gasteiger partial charge in [-0.1, -0.05) is 30.3 Å². The minimum atomic E-state index is -0.511. The molecule has 2 aromatic rings. The molecule has 6 nitrogen and oxygen atoms in total. The number of aliphatic hydroxyl groups is 1. The molecule has 1 heterocycles. The third kappa shape index (κ3) is 3.65. The molecular formula is C14H15N3O3S. The average molecular weight is 305 g/mol. The highest BCUT2D eigenvalue weighted by molar-refractivity contribution is 7.71. The molecule has 0 aliphatic rings. The maximum atomic E-state index is 11.8. The number of H-pyrrole nitrogens is 1. The monoisotopic (exact) mass is 305 g/mol. The highest BCUT2D eigenvalue weighted by Gasteiger charge is 2.11. The topological polar surface area (TPSA) is 90.6 Å². The summed E-state index contributed by atoms with van der Waals surface area (Å²) in [6.45, 7) is 0.370. The number of benzene rings is 1. The molecular weight excluding hydrogens is 290 g/mol. The lowest BCUT2D eigenvalue weighted by Crippen LogP contribution is -2.19. The summed E-state index contributed by atoms with van der Waals surface area (Å²) in [6, 6.07) is 9.44. The molecule has 21 heavy (non-hydrogen) atoms. The zero-order chi connectivity index (χ0) is 15.2. The smallest absolute Gasteiger partial charge is 0.264 e. The van der Waals surface area contributed by atoms with E-state index in [1.807, 2.05) is 30.3 Å². The van der Waals surface area contributed by atoms with Gasteiger partial charge in [0.15, 0.2) is 4.77 Å². The molecule has 0 spiro atoms. The standard InChI is InChI=1S/C14H15N3O3S/c18-7-6-15-8-11-12(19)16-14(21)17(13(11)20)9-10-4-2-1-3-5-10/h1-5,8,18,20H,6-7,9H2,(H,16,19,21). The van der Waals surface area contributed by atoms with E-state index in [2.05, 4.69) is 9.98 Å². The molecule has 0 amide bonds. The van der Waals surface area contributed by atoms with Crippen LogP contribution in [-0.4, -0.2) is 39.1 Å². The van der Waals surface area contributed by atoms with Crippen molar-refractivity contribution < 1.29 is 10.2 Å². The number of aromatic amines is 1. The first kappa shape index (κ1) is 15.1. The van der Waals surface area contributed by atoms with Crippen molar-refractivity contribution in [2.75, 3.05) is 13.2 Å². The minimum absolute atomic E-state index is 0.0213. The summed E-state index contributed by atoms with van der Waals surface area (Å²) in [5.41, 5.74) is 0.450. The van der Waals surface area contributed by atoms with Gasteiger partial charge in [-0.15, -0.1) is 0 Å². The Bertz CT molecular complexity index is 750. The van der Waals surface area contributed by atoms with Gasteiger partial charge in [0.1, 0.15) is 5.56 Å². The Morgan fingerprint density at radius 3 is 2.71 bits per heavy atom. The van der Waals surface area contributed by atoms with Crippen molar-refractivity contribution in [3.05, 3.63) is 56.6 Å². The van der Waals surface area contributed by atoms with Crippen LogP contribution in [0.4, 0.5) is 0 Å². The fraction of sp³-hybridized carbons (Fsp3) is 0.214. The summed E-state index contributed by atoms with van der Waals surface area (Å²) in [5.74, 6) is -0.241. The maximum Gasteiger partial charge on any atom is 0.264 e. The van der Waals surface area contributed by atoms with Gasteiger partial charge >= 0.3 is 0 Å². The number of hydrogen-bond acceptors (Lipinski definition) is 5. The van der Waals surface area contributed by atoms with E-state index in [4.69, 9.17) is 17.3 Å². The summed E-state index contributed by atoms with van der Waals surface area (Å²) in [7, 11) is 0. The van der Waals surface area contributed by atoms with Crippen LogP contribution in [0, 0.1) is 4.77 Å². The molecule has 0 saturated heterocycles. The lowest BCUT2D eigenvalue weighted by atomic mass is 10.2. The number of aliphatic hydroxyl groups excluding tert-OH is 1. The molecule has 0 atom stereocenters. The molecule has 0 aliphatic heterocycles. The summed E-state index contributed by atoms with van der Waals surface area (Å²) >= 11 is 5.08. The van der Waals surface area contributed by atoms with E-state index in [0.29, 0.717) is 6.54 Å². The average Bonchev–Trinajstić information content (AvgIpc) is 2.48. The number of rotatable bonds is 5. The Hall–Kier alpha value is -2.25. The first-order valence-electron chi connectivity index (χ1n) is 6.34. The third-order valence-corrected chi connectivity index (χ3v) is 3.16. The fourth-order valence-electron chi connectivity index (χ4n) is 1.82. The summed E-state index contributed by atoms with van der Waals surface area (Å²) in [4.78, 5) is 18.2. The van der Waals surface area contributed by atoms with E-state index >= 15 is 0 Å². The molecule has 0 aliphatic carbocycles. The Morgan fingerprint density at radius 2 is 2.05 bits per heavy atom. The van der Waals surface area contributed by atoms with E-state index in [-0.39, 0.29) is 29.4 Å². The number of hydrogen-bond donors (Lipinski definition) is 3. The van der Waals surface area contributed by atoms with Crippen molar-refractivity contribution in [3.8, 4) is 5.88 Å². The molecule has 0 saturated carbocycles. The molecule has 0 bridgehead atoms. The summed E-state index contributed by atoms with van der Waals surface area (Å²) in [6.07, 6.45) is 1.24. The number of aromatic nitrogens is 2. The largest absolute Gasteiger partial charge is 0.494 e. The van der Waals surface area contributed by atoms with Crippen LogP contribution in [0.1, 0.15) is 11.1 Å². The van der Waals surface area contributed by atoms with Gasteiger partial charge in [0.25, 0.3) is 5.56 Å². The second-order valence-corrected chi connectivity index (χ2v) is 4.71. The SMILES string of the molecule is O=c1[nH]c(=S)n(Cc2ccccc2)c(O)c1C=NCCO. The predicted molar refractivity (Wildman–Crippen MR) is 82.6 cm³/mol. The highest BCUT2D eigenvalue weighted by Crippen LogP contribution is 2.14. The van der Waals surface area contributed by atoms with E-state index in [9.17, 15) is 9.90 Å². The van der Waals surface area contributed by atoms with Gasteiger partial charge in [0.2, 0.25) is 5.88 Å². The van der Waals surface area contributed by atoms with E-state index < -0.39 is 5.56 Å². The van der Waals surface area contributed by atoms with Gasteiger partial charge in [0.05, 0.1) is 19.7 Å². The molecule has 0 fully saturated rings. The fourth-order valence-corrected chi connectivity index (χ4v) is 2.06. The second kappa shape index (κ2) is 6.96. The maximum absolute atomic E-state index is 11.8. The zero-order valence-electron chi connectivity index (χ0n) is 11.2. The number of nitrogens with one attached hydrogen (secondary N) is 1. The summed E-state index contributed by atoms with van der Waals surface area (Å²) < 4.78 is 1.56. The van der Waals surface area contributed by atoms with E-state index in [1.165, 1.54) is 10.8 Å². The van der Waals surface area contributed by atoms with Gasteiger partial charge < -0.3 is 10.2 Å². The van der Waals surface area contributed by atoms with Crippen LogP contribution in [-0.2, 0) is 6.54 Å². The molecule has 1 aromatic heterocycles. The van der Waals surface area contributed by atoms with Gasteiger partial charge in [0, 0.05) is 6.21 Å². The van der Waals surface area contributed by atoms with Crippen molar-refractivity contribution in [2.45, 2.75) is 6.54 Å². The lowest BCUT2D eigenvalue weighted by molar-refractivity contribution is 0.307. The van der Waals surface area contributed by atoms with Gasteiger partial charge in [-0.25, -0.2) is 0 Å². The molecule has 0 radical (unpaired) electrons. The van der Waals surface area contributed by atoms with Gasteiger partial charge in [-0.2, -0.15) is 0 Å². The lowest BCUT2D eigenvalue weighted by Gasteiger charge is -2.11. The van der Waals surface area contributed by atoms with Crippen LogP contribution < -0.4 is 5.56 Å². The van der Waals surface area contributed by atoms with Gasteiger partial charge in [-0.05, 0) is 17.8 Å². The third-order valence-electron chi connectivity index (χ3n) is 2.84. The highest BCUT2D eigenvalue weighted by atomic mass is 32.1. The van der Waals surface area contributed by atoms with Crippen LogP contribution >= 0.6 is 12.2 Å². The first-order chi connectivity index (χ1) is 10.1. The zero-order valence-corrected chi connectivity index (χ0v) is 12.0.